The van der Waals surface area contributed by atoms with Gasteiger partial charge in [0.2, 0.25) is 0 Å². The highest BCUT2D eigenvalue weighted by atomic mass is 31.2. The van der Waals surface area contributed by atoms with Gasteiger partial charge < -0.3 is 4.57 Å². The van der Waals surface area contributed by atoms with Crippen LogP contribution in [0.5, 0.6) is 0 Å². The molecule has 0 N–H and O–H groups in total. The highest BCUT2D eigenvalue weighted by Gasteiger charge is 2.36. The van der Waals surface area contributed by atoms with E-state index in [9.17, 15) is 0 Å². The first-order valence-corrected chi connectivity index (χ1v) is 33.1. The van der Waals surface area contributed by atoms with E-state index < -0.39 is 7.14 Å². The maximum Gasteiger partial charge on any atom is 0.171 e. The summed E-state index contributed by atoms with van der Waals surface area (Å²) in [5.41, 5.74) is 14.6. The topological polar surface area (TPSA) is 55.7 Å². The Morgan fingerprint density at radius 1 is 0.244 bits per heavy atom. The molecule has 0 bridgehead atoms. The predicted octanol–water partition coefficient (Wildman–Crippen LogP) is 21.0. The second-order valence-corrected chi connectivity index (χ2v) is 26.7. The Hall–Kier alpha value is -10.6. The van der Waals surface area contributed by atoms with Crippen molar-refractivity contribution in [3.8, 4) is 78.7 Å². The first kappa shape index (κ1) is 54.7. The molecule has 14 aromatic carbocycles. The van der Waals surface area contributed by atoms with Gasteiger partial charge in [0, 0.05) is 38.0 Å². The Morgan fingerprint density at radius 3 is 1.00 bits per heavy atom. The van der Waals surface area contributed by atoms with Gasteiger partial charge >= 0.3 is 0 Å². The van der Waals surface area contributed by atoms with Crippen LogP contribution in [-0.4, -0.2) is 15.0 Å². The van der Waals surface area contributed by atoms with Gasteiger partial charge in [0.05, 0.1) is 0 Å². The van der Waals surface area contributed by atoms with E-state index in [1.807, 2.05) is 60.7 Å². The molecular weight excluding hydrogens is 1110 g/mol. The van der Waals surface area contributed by atoms with Crippen LogP contribution >= 0.6 is 7.14 Å². The van der Waals surface area contributed by atoms with Crippen LogP contribution in [0, 0.1) is 0 Å². The molecule has 1 aromatic heterocycles. The van der Waals surface area contributed by atoms with Crippen LogP contribution < -0.4 is 15.9 Å². The summed E-state index contributed by atoms with van der Waals surface area (Å²) < 4.78 is 15.4. The molecular formula is C85H62N3OP. The molecule has 4 nitrogen and oxygen atoms in total. The van der Waals surface area contributed by atoms with Crippen LogP contribution in [0.1, 0.15) is 43.2 Å². The van der Waals surface area contributed by atoms with Gasteiger partial charge in [-0.25, -0.2) is 15.0 Å². The average Bonchev–Trinajstić information content (AvgIpc) is 1.04. The molecule has 0 aliphatic heterocycles. The second kappa shape index (κ2) is 23.1. The summed E-state index contributed by atoms with van der Waals surface area (Å²) >= 11 is 0. The summed E-state index contributed by atoms with van der Waals surface area (Å²) in [4.78, 5) is 16.3. The van der Waals surface area contributed by atoms with Gasteiger partial charge in [0.15, 0.2) is 24.6 Å². The molecule has 1 saturated carbocycles. The predicted molar refractivity (Wildman–Crippen MR) is 378 cm³/mol. The highest BCUT2D eigenvalue weighted by molar-refractivity contribution is 7.85. The monoisotopic (exact) mass is 1170 g/mol. The number of hydrogen-bond donors (Lipinski definition) is 0. The lowest BCUT2D eigenvalue weighted by molar-refractivity contribution is 0.346. The lowest BCUT2D eigenvalue weighted by atomic mass is 9.65. The normalized spacial score (nSPS) is 13.2. The van der Waals surface area contributed by atoms with Gasteiger partial charge in [-0.15, -0.1) is 0 Å². The van der Waals surface area contributed by atoms with Crippen LogP contribution in [0.4, 0.5) is 0 Å². The third-order valence-corrected chi connectivity index (χ3v) is 22.0. The van der Waals surface area contributed by atoms with Crippen LogP contribution in [0.15, 0.2) is 315 Å². The van der Waals surface area contributed by atoms with E-state index >= 15 is 4.57 Å². The molecule has 1 aliphatic rings. The van der Waals surface area contributed by atoms with Crippen molar-refractivity contribution in [1.29, 1.82) is 0 Å². The quantitative estimate of drug-likeness (QED) is 0.0904. The van der Waals surface area contributed by atoms with Gasteiger partial charge in [-0.1, -0.05) is 329 Å². The molecule has 0 amide bonds. The largest absolute Gasteiger partial charge is 0.309 e. The molecule has 0 atom stereocenters. The Bertz CT molecular complexity index is 5050. The molecule has 0 saturated heterocycles. The first-order valence-electron chi connectivity index (χ1n) is 31.4. The molecule has 90 heavy (non-hydrogen) atoms. The van der Waals surface area contributed by atoms with Crippen LogP contribution in [0.3, 0.4) is 0 Å². The first-order chi connectivity index (χ1) is 44.5. The fourth-order valence-corrected chi connectivity index (χ4v) is 17.3. The van der Waals surface area contributed by atoms with E-state index in [-0.39, 0.29) is 5.41 Å². The van der Waals surface area contributed by atoms with E-state index in [0.29, 0.717) is 17.5 Å². The third kappa shape index (κ3) is 9.55. The lowest BCUT2D eigenvalue weighted by Gasteiger charge is -2.39. The minimum absolute atomic E-state index is 0.175. The Morgan fingerprint density at radius 2 is 0.556 bits per heavy atom. The Labute approximate surface area is 525 Å². The zero-order valence-electron chi connectivity index (χ0n) is 49.8. The van der Waals surface area contributed by atoms with E-state index in [1.54, 1.807) is 0 Å². The number of aromatic nitrogens is 3. The van der Waals surface area contributed by atoms with Crippen molar-refractivity contribution in [3.63, 3.8) is 0 Å². The molecule has 0 unspecified atom stereocenters. The van der Waals surface area contributed by atoms with Crippen molar-refractivity contribution in [2.75, 3.05) is 0 Å². The molecule has 5 heteroatoms. The molecule has 15 aromatic rings. The van der Waals surface area contributed by atoms with Crippen LogP contribution in [0.25, 0.3) is 122 Å². The van der Waals surface area contributed by atoms with Crippen molar-refractivity contribution in [1.82, 2.24) is 15.0 Å². The fraction of sp³-hybridized carbons (Fsp3) is 0.0706. The van der Waals surface area contributed by atoms with Crippen molar-refractivity contribution in [2.24, 2.45) is 0 Å². The van der Waals surface area contributed by atoms with E-state index in [0.717, 1.165) is 96.5 Å². The van der Waals surface area contributed by atoms with E-state index in [2.05, 4.69) is 255 Å². The van der Waals surface area contributed by atoms with Crippen molar-refractivity contribution in [2.45, 2.75) is 37.5 Å². The number of nitrogens with zero attached hydrogens (tertiary/aromatic N) is 3. The van der Waals surface area contributed by atoms with Crippen LogP contribution in [0.2, 0.25) is 0 Å². The summed E-state index contributed by atoms with van der Waals surface area (Å²) in [6.45, 7) is 0. The standard InChI is InChI=1S/C85H62N3OP/c89-90(67-31-10-3-11-32-67,68-33-12-4-13-34-68)69-53-47-61(48-54-69)80-72-37-16-14-35-70(72)79(71-36-15-17-38-73(71)80)60-43-49-65(50-44-60)85(55-22-5-23-56-85)66-51-45-62(46-52-66)82-86-83(64-30-24-29-63(57-64)58-25-6-1-7-26-58)88-84(87-82)81-76-41-20-18-39-74(76)78(59-27-8-2-9-28-59)75-40-19-21-42-77(75)81/h1-4,6-21,24-54,57H,5,22-23,55-56H2. The molecule has 1 heterocycles. The van der Waals surface area contributed by atoms with Crippen molar-refractivity contribution < 1.29 is 4.57 Å². The zero-order valence-corrected chi connectivity index (χ0v) is 50.6. The molecule has 428 valence electrons. The summed E-state index contributed by atoms with van der Waals surface area (Å²) in [6.07, 6.45) is 5.67. The van der Waals surface area contributed by atoms with Gasteiger partial charge in [0.1, 0.15) is 0 Å². The molecule has 1 aliphatic carbocycles. The second-order valence-electron chi connectivity index (χ2n) is 23.9. The number of hydrogen-bond acceptors (Lipinski definition) is 4. The third-order valence-electron chi connectivity index (χ3n) is 18.9. The van der Waals surface area contributed by atoms with E-state index in [4.69, 9.17) is 15.0 Å². The summed E-state index contributed by atoms with van der Waals surface area (Å²) in [5, 5.41) is 11.7. The molecule has 0 spiro atoms. The van der Waals surface area contributed by atoms with Gasteiger partial charge in [-0.05, 0) is 118 Å². The molecule has 16 rings (SSSR count). The maximum absolute atomic E-state index is 15.4. The SMILES string of the molecule is O=P(c1ccccc1)(c1ccccc1)c1ccc(-c2c3ccccc3c(-c3ccc(C4(c5ccc(-c6nc(-c7cccc(-c8ccccc8)c7)nc(-c7c8ccccc8c(-c8ccccc8)c8ccccc78)n6)cc5)CCCCC4)cc3)c3ccccc23)cc1. The zero-order chi connectivity index (χ0) is 60.0. The minimum Gasteiger partial charge on any atom is -0.309 e. The lowest BCUT2D eigenvalue weighted by Crippen LogP contribution is -2.30. The smallest absolute Gasteiger partial charge is 0.171 e. The molecule has 0 radical (unpaired) electrons. The maximum atomic E-state index is 15.4. The molecule has 1 fully saturated rings. The number of benzene rings is 14. The Balaban J connectivity index is 0.784. The number of rotatable bonds is 12. The van der Waals surface area contributed by atoms with Gasteiger partial charge in [-0.2, -0.15) is 0 Å². The summed E-state index contributed by atoms with van der Waals surface area (Å²) in [7, 11) is -3.15. The van der Waals surface area contributed by atoms with Crippen molar-refractivity contribution >= 4 is 66.1 Å². The average molecular weight is 1170 g/mol. The summed E-state index contributed by atoms with van der Waals surface area (Å²) in [5.74, 6) is 1.90. The summed E-state index contributed by atoms with van der Waals surface area (Å²) in [6, 6.07) is 112. The number of fused-ring (bicyclic) bond motifs is 4. The van der Waals surface area contributed by atoms with Gasteiger partial charge in [-0.3, -0.25) is 0 Å². The Kier molecular flexibility index (Phi) is 14.1. The highest BCUT2D eigenvalue weighted by Crippen LogP contribution is 2.50. The van der Waals surface area contributed by atoms with Crippen molar-refractivity contribution in [3.05, 3.63) is 327 Å². The minimum atomic E-state index is -3.15. The van der Waals surface area contributed by atoms with E-state index in [1.165, 1.54) is 66.9 Å². The van der Waals surface area contributed by atoms with Gasteiger partial charge in [0.25, 0.3) is 0 Å². The van der Waals surface area contributed by atoms with Crippen LogP contribution in [-0.2, 0) is 9.98 Å². The fourth-order valence-electron chi connectivity index (χ4n) is 14.6.